The van der Waals surface area contributed by atoms with Gasteiger partial charge in [-0.05, 0) is 23.6 Å². The lowest BCUT2D eigenvalue weighted by Crippen LogP contribution is -1.97. The van der Waals surface area contributed by atoms with E-state index >= 15 is 0 Å². The van der Waals surface area contributed by atoms with Gasteiger partial charge >= 0.3 is 5.97 Å². The number of aromatic nitrogens is 2. The molecule has 4 nitrogen and oxygen atoms in total. The van der Waals surface area contributed by atoms with E-state index in [1.54, 1.807) is 10.7 Å². The minimum absolute atomic E-state index is 0.248. The molecule has 0 fully saturated rings. The van der Waals surface area contributed by atoms with Crippen molar-refractivity contribution in [3.63, 3.8) is 0 Å². The Morgan fingerprint density at radius 2 is 2.27 bits per heavy atom. The van der Waals surface area contributed by atoms with Crippen LogP contribution in [0.3, 0.4) is 0 Å². The molecule has 2 heterocycles. The van der Waals surface area contributed by atoms with Gasteiger partial charge in [0.15, 0.2) is 0 Å². The van der Waals surface area contributed by atoms with Gasteiger partial charge in [-0.2, -0.15) is 5.10 Å². The largest absolute Gasteiger partial charge is 0.478 e. The molecule has 0 aromatic carbocycles. The van der Waals surface area contributed by atoms with Gasteiger partial charge in [-0.25, -0.2) is 9.31 Å². The van der Waals surface area contributed by atoms with Crippen molar-refractivity contribution in [2.24, 2.45) is 0 Å². The maximum Gasteiger partial charge on any atom is 0.339 e. The van der Waals surface area contributed by atoms with Crippen LogP contribution in [-0.2, 0) is 0 Å². The Hall–Kier alpha value is -1.84. The zero-order valence-electron chi connectivity index (χ0n) is 8.64. The average Bonchev–Trinajstić information content (AvgIpc) is 2.59. The lowest BCUT2D eigenvalue weighted by atomic mass is 10.0. The number of hydrogen-bond acceptors (Lipinski definition) is 2. The smallest absolute Gasteiger partial charge is 0.339 e. The molecule has 0 saturated carbocycles. The molecule has 0 aliphatic heterocycles. The van der Waals surface area contributed by atoms with Gasteiger partial charge in [-0.1, -0.05) is 13.8 Å². The van der Waals surface area contributed by atoms with Crippen molar-refractivity contribution in [1.29, 1.82) is 0 Å². The maximum atomic E-state index is 10.9. The molecule has 78 valence electrons. The summed E-state index contributed by atoms with van der Waals surface area (Å²) in [5, 5.41) is 12.9. The van der Waals surface area contributed by atoms with Crippen molar-refractivity contribution in [2.75, 3.05) is 0 Å². The lowest BCUT2D eigenvalue weighted by molar-refractivity contribution is 0.0699. The Bertz CT molecular complexity index is 514. The molecule has 0 atom stereocenters. The predicted molar refractivity (Wildman–Crippen MR) is 56.2 cm³/mol. The van der Waals surface area contributed by atoms with E-state index in [-0.39, 0.29) is 5.56 Å². The zero-order valence-corrected chi connectivity index (χ0v) is 8.64. The molecule has 0 aliphatic rings. The summed E-state index contributed by atoms with van der Waals surface area (Å²) in [6, 6.07) is 3.83. The number of pyridine rings is 1. The highest BCUT2D eigenvalue weighted by Crippen LogP contribution is 2.18. The maximum absolute atomic E-state index is 10.9. The number of carboxylic acids is 1. The number of hydrogen-bond donors (Lipinski definition) is 1. The lowest BCUT2D eigenvalue weighted by Gasteiger charge is -2.05. The van der Waals surface area contributed by atoms with Gasteiger partial charge in [0.2, 0.25) is 0 Å². The van der Waals surface area contributed by atoms with E-state index in [9.17, 15) is 4.79 Å². The van der Waals surface area contributed by atoms with Crippen LogP contribution in [0.25, 0.3) is 5.52 Å². The second-order valence-corrected chi connectivity index (χ2v) is 3.81. The highest BCUT2D eigenvalue weighted by Gasteiger charge is 2.11. The first-order valence-corrected chi connectivity index (χ1v) is 4.80. The highest BCUT2D eigenvalue weighted by atomic mass is 16.4. The molecule has 0 spiro atoms. The number of fused-ring (bicyclic) bond motifs is 1. The third-order valence-electron chi connectivity index (χ3n) is 2.44. The number of aromatic carboxylic acids is 1. The molecule has 0 amide bonds. The summed E-state index contributed by atoms with van der Waals surface area (Å²) in [5.41, 5.74) is 2.01. The minimum Gasteiger partial charge on any atom is -0.478 e. The number of rotatable bonds is 2. The van der Waals surface area contributed by atoms with E-state index in [0.29, 0.717) is 11.4 Å². The molecule has 2 aromatic heterocycles. The van der Waals surface area contributed by atoms with Crippen LogP contribution >= 0.6 is 0 Å². The van der Waals surface area contributed by atoms with Gasteiger partial charge in [-0.3, -0.25) is 0 Å². The average molecular weight is 204 g/mol. The number of carboxylic acid groups (broad SMARTS) is 1. The van der Waals surface area contributed by atoms with Crippen LogP contribution in [0.2, 0.25) is 0 Å². The van der Waals surface area contributed by atoms with Gasteiger partial charge in [0.25, 0.3) is 0 Å². The Balaban J connectivity index is 2.66. The van der Waals surface area contributed by atoms with Gasteiger partial charge in [0.1, 0.15) is 5.56 Å². The van der Waals surface area contributed by atoms with Crippen molar-refractivity contribution in [1.82, 2.24) is 9.61 Å². The molecule has 0 bridgehead atoms. The van der Waals surface area contributed by atoms with E-state index in [0.717, 1.165) is 5.56 Å². The van der Waals surface area contributed by atoms with Crippen LogP contribution in [0.1, 0.15) is 35.7 Å². The molecular formula is C11H12N2O2. The summed E-state index contributed by atoms with van der Waals surface area (Å²) in [7, 11) is 0. The van der Waals surface area contributed by atoms with Crippen LogP contribution < -0.4 is 0 Å². The van der Waals surface area contributed by atoms with Crippen LogP contribution in [-0.4, -0.2) is 20.7 Å². The second-order valence-electron chi connectivity index (χ2n) is 3.81. The van der Waals surface area contributed by atoms with Gasteiger partial charge < -0.3 is 5.11 Å². The first-order valence-electron chi connectivity index (χ1n) is 4.80. The standard InChI is InChI=1S/C11H12N2O2/c1-7(2)8-3-4-13-10(5-8)9(6-12-13)11(14)15/h3-7H,1-2H3,(H,14,15). The number of nitrogens with zero attached hydrogens (tertiary/aromatic N) is 2. The molecule has 0 unspecified atom stereocenters. The fraction of sp³-hybridized carbons (Fsp3) is 0.273. The molecule has 0 saturated heterocycles. The predicted octanol–water partition coefficient (Wildman–Crippen LogP) is 2.16. The highest BCUT2D eigenvalue weighted by molar-refractivity contribution is 5.95. The molecule has 4 heteroatoms. The monoisotopic (exact) mass is 204 g/mol. The summed E-state index contributed by atoms with van der Waals surface area (Å²) >= 11 is 0. The van der Waals surface area contributed by atoms with Crippen LogP contribution in [0.5, 0.6) is 0 Å². The van der Waals surface area contributed by atoms with Gasteiger partial charge in [0.05, 0.1) is 11.7 Å². The molecule has 15 heavy (non-hydrogen) atoms. The molecule has 2 aromatic rings. The SMILES string of the molecule is CC(C)c1ccn2ncc(C(=O)O)c2c1. The minimum atomic E-state index is -0.939. The van der Waals surface area contributed by atoms with Crippen molar-refractivity contribution >= 4 is 11.5 Å². The molecule has 0 radical (unpaired) electrons. The van der Waals surface area contributed by atoms with E-state index in [1.807, 2.05) is 12.1 Å². The Labute approximate surface area is 87.2 Å². The third kappa shape index (κ3) is 1.58. The summed E-state index contributed by atoms with van der Waals surface area (Å²) in [5.74, 6) is -0.558. The summed E-state index contributed by atoms with van der Waals surface area (Å²) in [6.45, 7) is 4.14. The molecule has 0 aliphatic carbocycles. The quantitative estimate of drug-likeness (QED) is 0.815. The van der Waals surface area contributed by atoms with E-state index in [2.05, 4.69) is 18.9 Å². The fourth-order valence-electron chi connectivity index (χ4n) is 1.52. The van der Waals surface area contributed by atoms with Crippen molar-refractivity contribution < 1.29 is 9.90 Å². The Kier molecular flexibility index (Phi) is 2.19. The van der Waals surface area contributed by atoms with Gasteiger partial charge in [0, 0.05) is 6.20 Å². The zero-order chi connectivity index (χ0) is 11.0. The van der Waals surface area contributed by atoms with Crippen LogP contribution in [0, 0.1) is 0 Å². The Morgan fingerprint density at radius 3 is 2.87 bits per heavy atom. The summed E-state index contributed by atoms with van der Waals surface area (Å²) in [6.07, 6.45) is 3.17. The molecular weight excluding hydrogens is 192 g/mol. The van der Waals surface area contributed by atoms with Crippen molar-refractivity contribution in [3.8, 4) is 0 Å². The topological polar surface area (TPSA) is 54.6 Å². The van der Waals surface area contributed by atoms with E-state index in [4.69, 9.17) is 5.11 Å². The number of carbonyl (C=O) groups is 1. The van der Waals surface area contributed by atoms with E-state index < -0.39 is 5.97 Å². The van der Waals surface area contributed by atoms with E-state index in [1.165, 1.54) is 6.20 Å². The second kappa shape index (κ2) is 3.38. The Morgan fingerprint density at radius 1 is 1.53 bits per heavy atom. The first kappa shape index (κ1) is 9.71. The fourth-order valence-corrected chi connectivity index (χ4v) is 1.52. The van der Waals surface area contributed by atoms with Crippen LogP contribution in [0.4, 0.5) is 0 Å². The van der Waals surface area contributed by atoms with Crippen LogP contribution in [0.15, 0.2) is 24.5 Å². The molecule has 1 N–H and O–H groups in total. The van der Waals surface area contributed by atoms with Gasteiger partial charge in [-0.15, -0.1) is 0 Å². The van der Waals surface area contributed by atoms with Crippen molar-refractivity contribution in [3.05, 3.63) is 35.7 Å². The summed E-state index contributed by atoms with van der Waals surface area (Å²) < 4.78 is 1.58. The van der Waals surface area contributed by atoms with Crippen molar-refractivity contribution in [2.45, 2.75) is 19.8 Å². The first-order chi connectivity index (χ1) is 7.09. The molecule has 2 rings (SSSR count). The normalized spacial score (nSPS) is 11.1. The third-order valence-corrected chi connectivity index (χ3v) is 2.44. The summed E-state index contributed by atoms with van der Waals surface area (Å²) in [4.78, 5) is 10.9.